The molecule has 27 heavy (non-hydrogen) atoms. The highest BCUT2D eigenvalue weighted by atomic mass is 16.5. The van der Waals surface area contributed by atoms with E-state index in [9.17, 15) is 9.59 Å². The fraction of sp³-hybridized carbons (Fsp3) is 0.273. The molecular weight excluding hydrogens is 344 g/mol. The van der Waals surface area contributed by atoms with Crippen LogP contribution in [0.25, 0.3) is 0 Å². The molecule has 0 saturated carbocycles. The first-order valence-electron chi connectivity index (χ1n) is 8.63. The Morgan fingerprint density at radius 1 is 1.04 bits per heavy atom. The van der Waals surface area contributed by atoms with Crippen molar-refractivity contribution in [1.82, 2.24) is 0 Å². The lowest BCUT2D eigenvalue weighted by Crippen LogP contribution is -2.47. The average molecular weight is 366 g/mol. The molecule has 0 N–H and O–H groups in total. The fourth-order valence-electron chi connectivity index (χ4n) is 3.64. The molecule has 5 nitrogen and oxygen atoms in total. The quantitative estimate of drug-likeness (QED) is 0.611. The van der Waals surface area contributed by atoms with E-state index in [0.29, 0.717) is 18.6 Å². The summed E-state index contributed by atoms with van der Waals surface area (Å²) >= 11 is 0. The van der Waals surface area contributed by atoms with E-state index in [-0.39, 0.29) is 5.97 Å². The summed E-state index contributed by atoms with van der Waals surface area (Å²) in [4.78, 5) is 24.7. The first kappa shape index (κ1) is 18.9. The number of hydrogen-bond donors (Lipinski definition) is 0. The molecule has 0 aliphatic carbocycles. The van der Waals surface area contributed by atoms with E-state index < -0.39 is 17.5 Å². The third kappa shape index (κ3) is 3.38. The molecule has 140 valence electrons. The lowest BCUT2D eigenvalue weighted by atomic mass is 9.68. The van der Waals surface area contributed by atoms with Gasteiger partial charge in [-0.2, -0.15) is 0 Å². The van der Waals surface area contributed by atoms with Gasteiger partial charge in [0.15, 0.2) is 0 Å². The van der Waals surface area contributed by atoms with Crippen LogP contribution < -0.4 is 0 Å². The number of methoxy groups -OCH3 is 2. The van der Waals surface area contributed by atoms with Gasteiger partial charge in [0.05, 0.1) is 26.4 Å². The zero-order chi connectivity index (χ0) is 19.4. The lowest BCUT2D eigenvalue weighted by Gasteiger charge is -2.43. The van der Waals surface area contributed by atoms with Crippen LogP contribution in [0.1, 0.15) is 34.0 Å². The maximum atomic E-state index is 13.0. The molecule has 2 atom stereocenters. The minimum Gasteiger partial charge on any atom is -0.468 e. The average Bonchev–Trinajstić information content (AvgIpc) is 2.73. The lowest BCUT2D eigenvalue weighted by molar-refractivity contribution is -0.157. The molecule has 0 amide bonds. The van der Waals surface area contributed by atoms with Crippen LogP contribution in [0, 0.1) is 0 Å². The van der Waals surface area contributed by atoms with Gasteiger partial charge in [0.2, 0.25) is 0 Å². The third-order valence-electron chi connectivity index (χ3n) is 4.90. The molecule has 3 rings (SSSR count). The highest BCUT2D eigenvalue weighted by Gasteiger charge is 2.52. The number of ether oxygens (including phenoxy) is 3. The summed E-state index contributed by atoms with van der Waals surface area (Å²) in [5, 5.41) is 0. The highest BCUT2D eigenvalue weighted by molar-refractivity contribution is 5.89. The van der Waals surface area contributed by atoms with Gasteiger partial charge < -0.3 is 14.2 Å². The van der Waals surface area contributed by atoms with E-state index in [1.54, 1.807) is 24.3 Å². The van der Waals surface area contributed by atoms with Gasteiger partial charge in [-0.25, -0.2) is 4.79 Å². The monoisotopic (exact) mass is 366 g/mol. The summed E-state index contributed by atoms with van der Waals surface area (Å²) in [7, 11) is 2.71. The Balaban J connectivity index is 2.11. The minimum absolute atomic E-state index is 0.356. The van der Waals surface area contributed by atoms with Crippen molar-refractivity contribution in [2.45, 2.75) is 17.9 Å². The number of hydrogen-bond acceptors (Lipinski definition) is 5. The van der Waals surface area contributed by atoms with Crippen molar-refractivity contribution in [2.24, 2.45) is 0 Å². The number of rotatable bonds is 4. The molecule has 1 heterocycles. The predicted molar refractivity (Wildman–Crippen MR) is 100 cm³/mol. The summed E-state index contributed by atoms with van der Waals surface area (Å²) in [6, 6.07) is 16.4. The zero-order valence-corrected chi connectivity index (χ0v) is 15.4. The first-order chi connectivity index (χ1) is 13.0. The van der Waals surface area contributed by atoms with Crippen molar-refractivity contribution in [2.75, 3.05) is 20.8 Å². The van der Waals surface area contributed by atoms with Gasteiger partial charge in [-0.1, -0.05) is 54.6 Å². The SMILES string of the molecule is C=C1CO[C@@H](c2ccc(C(=O)OC)cc2)[C@](C(=O)OC)(c2ccccc2)C1. The highest BCUT2D eigenvalue weighted by Crippen LogP contribution is 2.48. The van der Waals surface area contributed by atoms with Crippen molar-refractivity contribution in [3.05, 3.63) is 83.4 Å². The molecule has 0 unspecified atom stereocenters. The molecule has 0 bridgehead atoms. The Bertz CT molecular complexity index is 841. The second-order valence-corrected chi connectivity index (χ2v) is 6.56. The molecule has 5 heteroatoms. The first-order valence-corrected chi connectivity index (χ1v) is 8.63. The number of esters is 2. The van der Waals surface area contributed by atoms with Crippen LogP contribution in [0.3, 0.4) is 0 Å². The summed E-state index contributed by atoms with van der Waals surface area (Å²) in [5.74, 6) is -0.793. The van der Waals surface area contributed by atoms with Crippen LogP contribution in [-0.4, -0.2) is 32.8 Å². The maximum absolute atomic E-state index is 13.0. The van der Waals surface area contributed by atoms with Gasteiger partial charge in [0, 0.05) is 0 Å². The third-order valence-corrected chi connectivity index (χ3v) is 4.90. The Kier molecular flexibility index (Phi) is 5.42. The summed E-state index contributed by atoms with van der Waals surface area (Å²) < 4.78 is 16.0. The van der Waals surface area contributed by atoms with Crippen LogP contribution in [0.2, 0.25) is 0 Å². The molecular formula is C22H22O5. The van der Waals surface area contributed by atoms with E-state index in [1.807, 2.05) is 30.3 Å². The Hall–Kier alpha value is -2.92. The molecule has 0 aromatic heterocycles. The minimum atomic E-state index is -1.04. The van der Waals surface area contributed by atoms with Gasteiger partial charge in [-0.3, -0.25) is 4.79 Å². The standard InChI is InChI=1S/C22H22O5/c1-15-13-22(21(24)26-3,18-7-5-4-6-8-18)19(27-14-15)16-9-11-17(12-10-16)20(23)25-2/h4-12,19H,1,13-14H2,2-3H3/t19-,22+/m0/s1. The summed E-state index contributed by atoms with van der Waals surface area (Å²) in [6.45, 7) is 4.39. The van der Waals surface area contributed by atoms with Crippen LogP contribution in [-0.2, 0) is 24.4 Å². The van der Waals surface area contributed by atoms with Gasteiger partial charge in [0.25, 0.3) is 0 Å². The Morgan fingerprint density at radius 3 is 2.30 bits per heavy atom. The van der Waals surface area contributed by atoms with Gasteiger partial charge >= 0.3 is 11.9 Å². The number of benzene rings is 2. The normalized spacial score (nSPS) is 22.1. The van der Waals surface area contributed by atoms with Crippen LogP contribution in [0.15, 0.2) is 66.7 Å². The van der Waals surface area contributed by atoms with Crippen molar-refractivity contribution in [1.29, 1.82) is 0 Å². The predicted octanol–water partition coefficient (Wildman–Crippen LogP) is 3.60. The van der Waals surface area contributed by atoms with Crippen LogP contribution >= 0.6 is 0 Å². The van der Waals surface area contributed by atoms with Crippen molar-refractivity contribution in [3.63, 3.8) is 0 Å². The van der Waals surface area contributed by atoms with Gasteiger partial charge in [-0.15, -0.1) is 0 Å². The second-order valence-electron chi connectivity index (χ2n) is 6.56. The van der Waals surface area contributed by atoms with E-state index in [2.05, 4.69) is 6.58 Å². The van der Waals surface area contributed by atoms with E-state index in [1.165, 1.54) is 14.2 Å². The number of carbonyl (C=O) groups is 2. The largest absolute Gasteiger partial charge is 0.468 e. The molecule has 0 spiro atoms. The van der Waals surface area contributed by atoms with Crippen molar-refractivity contribution >= 4 is 11.9 Å². The molecule has 1 aliphatic rings. The van der Waals surface area contributed by atoms with Gasteiger partial charge in [0.1, 0.15) is 11.5 Å². The Morgan fingerprint density at radius 2 is 1.70 bits per heavy atom. The zero-order valence-electron chi connectivity index (χ0n) is 15.4. The maximum Gasteiger partial charge on any atom is 0.337 e. The number of carbonyl (C=O) groups excluding carboxylic acids is 2. The second kappa shape index (κ2) is 7.76. The van der Waals surface area contributed by atoms with Crippen LogP contribution in [0.4, 0.5) is 0 Å². The molecule has 0 radical (unpaired) electrons. The molecule has 1 fully saturated rings. The molecule has 1 saturated heterocycles. The van der Waals surface area contributed by atoms with Crippen LogP contribution in [0.5, 0.6) is 0 Å². The summed E-state index contributed by atoms with van der Waals surface area (Å²) in [6.07, 6.45) is -0.142. The Labute approximate surface area is 158 Å². The van der Waals surface area contributed by atoms with E-state index in [4.69, 9.17) is 14.2 Å². The van der Waals surface area contributed by atoms with E-state index in [0.717, 1.165) is 16.7 Å². The molecule has 2 aromatic carbocycles. The van der Waals surface area contributed by atoms with Crippen molar-refractivity contribution < 1.29 is 23.8 Å². The van der Waals surface area contributed by atoms with Crippen molar-refractivity contribution in [3.8, 4) is 0 Å². The summed E-state index contributed by atoms with van der Waals surface area (Å²) in [5.41, 5.74) is 1.80. The fourth-order valence-corrected chi connectivity index (χ4v) is 3.64. The molecule has 2 aromatic rings. The van der Waals surface area contributed by atoms with E-state index >= 15 is 0 Å². The molecule has 1 aliphatic heterocycles. The topological polar surface area (TPSA) is 61.8 Å². The van der Waals surface area contributed by atoms with Gasteiger partial charge in [-0.05, 0) is 29.7 Å². The smallest absolute Gasteiger partial charge is 0.337 e.